The van der Waals surface area contributed by atoms with Gasteiger partial charge in [0, 0.05) is 11.6 Å². The highest BCUT2D eigenvalue weighted by Gasteiger charge is 2.22. The molecule has 0 amide bonds. The molecule has 2 unspecified atom stereocenters. The van der Waals surface area contributed by atoms with E-state index in [0.29, 0.717) is 22.3 Å². The van der Waals surface area contributed by atoms with Crippen LogP contribution in [0.2, 0.25) is 5.15 Å². The van der Waals surface area contributed by atoms with Crippen LogP contribution in [-0.4, -0.2) is 20.6 Å². The molecule has 2 rings (SSSR count). The Hall–Kier alpha value is -1.80. The highest BCUT2D eigenvalue weighted by Crippen LogP contribution is 2.34. The van der Waals surface area contributed by atoms with Crippen LogP contribution in [0, 0.1) is 17.2 Å². The van der Waals surface area contributed by atoms with Crippen molar-refractivity contribution in [2.24, 2.45) is 5.92 Å². The molecule has 0 aliphatic carbocycles. The van der Waals surface area contributed by atoms with Gasteiger partial charge in [-0.1, -0.05) is 39.3 Å². The molecule has 2 aromatic rings. The van der Waals surface area contributed by atoms with Gasteiger partial charge in [0.1, 0.15) is 22.6 Å². The average molecular weight is 320 g/mol. The third kappa shape index (κ3) is 2.89. The van der Waals surface area contributed by atoms with Crippen LogP contribution in [0.25, 0.3) is 5.65 Å². The molecule has 0 aromatic carbocycles. The fourth-order valence-corrected chi connectivity index (χ4v) is 2.57. The van der Waals surface area contributed by atoms with Gasteiger partial charge in [0.25, 0.3) is 0 Å². The molecule has 0 aliphatic heterocycles. The number of rotatable bonds is 5. The van der Waals surface area contributed by atoms with Crippen molar-refractivity contribution in [3.8, 4) is 6.07 Å². The summed E-state index contributed by atoms with van der Waals surface area (Å²) >= 11 is 6.43. The van der Waals surface area contributed by atoms with Crippen molar-refractivity contribution in [1.82, 2.24) is 14.6 Å². The summed E-state index contributed by atoms with van der Waals surface area (Å²) in [7, 11) is 0. The lowest BCUT2D eigenvalue weighted by Gasteiger charge is -2.24. The maximum absolute atomic E-state index is 9.19. The van der Waals surface area contributed by atoms with E-state index in [1.54, 1.807) is 4.52 Å². The van der Waals surface area contributed by atoms with Gasteiger partial charge in [-0.25, -0.2) is 4.98 Å². The number of nitrogens with one attached hydrogen (secondary N) is 1. The summed E-state index contributed by atoms with van der Waals surface area (Å²) in [6.07, 6.45) is 2.48. The van der Waals surface area contributed by atoms with Gasteiger partial charge in [-0.3, -0.25) is 0 Å². The minimum absolute atomic E-state index is 0.249. The van der Waals surface area contributed by atoms with Gasteiger partial charge >= 0.3 is 0 Å². The standard InChI is InChI=1S/C16H22ClN5/c1-6-10(4)13-14(17)21-15-12(7-18)8-19-22(15)16(13)20-11(5)9(2)3/h8-11,20H,6H2,1-5H3. The van der Waals surface area contributed by atoms with Gasteiger partial charge in [0.05, 0.1) is 6.20 Å². The highest BCUT2D eigenvalue weighted by molar-refractivity contribution is 6.30. The molecule has 2 aromatic heterocycles. The molecule has 0 spiro atoms. The van der Waals surface area contributed by atoms with Gasteiger partial charge in [-0.15, -0.1) is 0 Å². The molecule has 5 nitrogen and oxygen atoms in total. The average Bonchev–Trinajstić information content (AvgIpc) is 2.89. The SMILES string of the molecule is CCC(C)c1c(Cl)nc2c(C#N)cnn2c1NC(C)C(C)C. The zero-order valence-corrected chi connectivity index (χ0v) is 14.4. The second-order valence-corrected chi connectivity index (χ2v) is 6.41. The smallest absolute Gasteiger partial charge is 0.176 e. The van der Waals surface area contributed by atoms with Gasteiger partial charge in [0.15, 0.2) is 5.65 Å². The Morgan fingerprint density at radius 1 is 1.36 bits per heavy atom. The predicted molar refractivity (Wildman–Crippen MR) is 89.3 cm³/mol. The van der Waals surface area contributed by atoms with Crippen molar-refractivity contribution < 1.29 is 0 Å². The molecule has 1 N–H and O–H groups in total. The normalized spacial score (nSPS) is 14.1. The topological polar surface area (TPSA) is 66.0 Å². The van der Waals surface area contributed by atoms with Crippen LogP contribution in [0.4, 0.5) is 5.82 Å². The third-order valence-electron chi connectivity index (χ3n) is 4.23. The van der Waals surface area contributed by atoms with E-state index >= 15 is 0 Å². The largest absolute Gasteiger partial charge is 0.367 e. The summed E-state index contributed by atoms with van der Waals surface area (Å²) in [5.74, 6) is 1.55. The molecular weight excluding hydrogens is 298 g/mol. The van der Waals surface area contributed by atoms with Crippen molar-refractivity contribution in [3.05, 3.63) is 22.5 Å². The summed E-state index contributed by atoms with van der Waals surface area (Å²) in [6.45, 7) is 10.7. The van der Waals surface area contributed by atoms with Crippen LogP contribution in [0.5, 0.6) is 0 Å². The molecule has 0 fully saturated rings. The summed E-state index contributed by atoms with van der Waals surface area (Å²) in [6, 6.07) is 2.36. The van der Waals surface area contributed by atoms with Crippen molar-refractivity contribution in [2.75, 3.05) is 5.32 Å². The summed E-state index contributed by atoms with van der Waals surface area (Å²) in [4.78, 5) is 4.39. The minimum atomic E-state index is 0.249. The number of hydrogen-bond donors (Lipinski definition) is 1. The quantitative estimate of drug-likeness (QED) is 0.838. The van der Waals surface area contributed by atoms with E-state index in [1.807, 2.05) is 0 Å². The molecule has 2 heterocycles. The first kappa shape index (κ1) is 16.6. The van der Waals surface area contributed by atoms with Gasteiger partial charge < -0.3 is 5.32 Å². The van der Waals surface area contributed by atoms with Crippen LogP contribution < -0.4 is 5.32 Å². The van der Waals surface area contributed by atoms with E-state index in [4.69, 9.17) is 11.6 Å². The number of nitrogens with zero attached hydrogens (tertiary/aromatic N) is 4. The van der Waals surface area contributed by atoms with E-state index in [1.165, 1.54) is 6.20 Å². The molecule has 0 radical (unpaired) electrons. The van der Waals surface area contributed by atoms with Crippen LogP contribution >= 0.6 is 11.6 Å². The fourth-order valence-electron chi connectivity index (χ4n) is 2.22. The Morgan fingerprint density at radius 3 is 2.59 bits per heavy atom. The van der Waals surface area contributed by atoms with Gasteiger partial charge in [-0.2, -0.15) is 14.9 Å². The molecular formula is C16H22ClN5. The third-order valence-corrected chi connectivity index (χ3v) is 4.52. The second kappa shape index (κ2) is 6.53. The Labute approximate surface area is 136 Å². The first-order valence-electron chi connectivity index (χ1n) is 7.64. The maximum Gasteiger partial charge on any atom is 0.176 e. The number of aromatic nitrogens is 3. The highest BCUT2D eigenvalue weighted by atomic mass is 35.5. The molecule has 0 aliphatic rings. The lowest BCUT2D eigenvalue weighted by Crippen LogP contribution is -2.25. The molecule has 118 valence electrons. The Morgan fingerprint density at radius 2 is 2.05 bits per heavy atom. The molecule has 0 saturated carbocycles. The van der Waals surface area contributed by atoms with Crippen molar-refractivity contribution in [1.29, 1.82) is 5.26 Å². The Balaban J connectivity index is 2.71. The van der Waals surface area contributed by atoms with E-state index in [2.05, 4.69) is 56.1 Å². The molecule has 22 heavy (non-hydrogen) atoms. The van der Waals surface area contributed by atoms with E-state index in [9.17, 15) is 5.26 Å². The van der Waals surface area contributed by atoms with Crippen molar-refractivity contribution in [3.63, 3.8) is 0 Å². The number of halogens is 1. The zero-order valence-electron chi connectivity index (χ0n) is 13.7. The molecule has 0 bridgehead atoms. The van der Waals surface area contributed by atoms with Crippen LogP contribution in [-0.2, 0) is 0 Å². The van der Waals surface area contributed by atoms with E-state index in [0.717, 1.165) is 17.8 Å². The van der Waals surface area contributed by atoms with Crippen LogP contribution in [0.1, 0.15) is 58.1 Å². The summed E-state index contributed by atoms with van der Waals surface area (Å²) < 4.78 is 1.70. The number of fused-ring (bicyclic) bond motifs is 1. The second-order valence-electron chi connectivity index (χ2n) is 6.06. The van der Waals surface area contributed by atoms with Crippen LogP contribution in [0.3, 0.4) is 0 Å². The van der Waals surface area contributed by atoms with Gasteiger partial charge in [-0.05, 0) is 25.2 Å². The van der Waals surface area contributed by atoms with E-state index in [-0.39, 0.29) is 12.0 Å². The number of nitriles is 1. The summed E-state index contributed by atoms with van der Waals surface area (Å²) in [5, 5.41) is 17.5. The monoisotopic (exact) mass is 319 g/mol. The number of hydrogen-bond acceptors (Lipinski definition) is 4. The molecule has 2 atom stereocenters. The molecule has 6 heteroatoms. The Bertz CT molecular complexity index is 713. The lowest BCUT2D eigenvalue weighted by atomic mass is 9.99. The fraction of sp³-hybridized carbons (Fsp3) is 0.562. The lowest BCUT2D eigenvalue weighted by molar-refractivity contribution is 0.554. The first-order valence-corrected chi connectivity index (χ1v) is 8.02. The minimum Gasteiger partial charge on any atom is -0.367 e. The van der Waals surface area contributed by atoms with Gasteiger partial charge in [0.2, 0.25) is 0 Å². The zero-order chi connectivity index (χ0) is 16.4. The van der Waals surface area contributed by atoms with E-state index < -0.39 is 0 Å². The molecule has 0 saturated heterocycles. The first-order chi connectivity index (χ1) is 10.4. The maximum atomic E-state index is 9.19. The number of anilines is 1. The predicted octanol–water partition coefficient (Wildman–Crippen LogP) is 4.22. The summed E-state index contributed by atoms with van der Waals surface area (Å²) in [5.41, 5.74) is 1.88. The van der Waals surface area contributed by atoms with Crippen LogP contribution in [0.15, 0.2) is 6.20 Å². The Kier molecular flexibility index (Phi) is 4.92. The van der Waals surface area contributed by atoms with Crippen molar-refractivity contribution >= 4 is 23.1 Å². The van der Waals surface area contributed by atoms with Crippen molar-refractivity contribution in [2.45, 2.75) is 53.0 Å².